The molecule has 0 spiro atoms. The first-order valence-corrected chi connectivity index (χ1v) is 27.2. The lowest BCUT2D eigenvalue weighted by molar-refractivity contribution is -0.167. The van der Waals surface area contributed by atoms with Crippen molar-refractivity contribution < 1.29 is 28.6 Å². The van der Waals surface area contributed by atoms with Gasteiger partial charge < -0.3 is 14.2 Å². The van der Waals surface area contributed by atoms with Crippen molar-refractivity contribution in [2.45, 2.75) is 310 Å². The van der Waals surface area contributed by atoms with Crippen LogP contribution in [0.2, 0.25) is 0 Å². The minimum absolute atomic E-state index is 0.0637. The summed E-state index contributed by atoms with van der Waals surface area (Å²) >= 11 is 0. The quantitative estimate of drug-likeness (QED) is 0.0344. The van der Waals surface area contributed by atoms with Crippen molar-refractivity contribution in [3.63, 3.8) is 0 Å². The Balaban J connectivity index is 4.26. The molecule has 0 heterocycles. The number of ether oxygens (including phenoxy) is 3. The summed E-state index contributed by atoms with van der Waals surface area (Å²) in [6.45, 7) is 11.4. The summed E-state index contributed by atoms with van der Waals surface area (Å²) in [6, 6.07) is 0. The molecule has 0 N–H and O–H groups in total. The third-order valence-electron chi connectivity index (χ3n) is 12.5. The van der Waals surface area contributed by atoms with Gasteiger partial charge in [-0.25, -0.2) is 0 Å². The van der Waals surface area contributed by atoms with Gasteiger partial charge >= 0.3 is 17.9 Å². The van der Waals surface area contributed by atoms with Crippen molar-refractivity contribution in [1.82, 2.24) is 0 Å². The molecule has 0 saturated heterocycles. The van der Waals surface area contributed by atoms with E-state index in [1.807, 2.05) is 0 Å². The Morgan fingerprint density at radius 1 is 0.311 bits per heavy atom. The van der Waals surface area contributed by atoms with E-state index in [4.69, 9.17) is 14.2 Å². The summed E-state index contributed by atoms with van der Waals surface area (Å²) in [5.41, 5.74) is 0. The Bertz CT molecular complexity index is 931. The highest BCUT2D eigenvalue weighted by Gasteiger charge is 2.19. The van der Waals surface area contributed by atoms with Crippen molar-refractivity contribution in [1.29, 1.82) is 0 Å². The minimum atomic E-state index is -0.762. The lowest BCUT2D eigenvalue weighted by Gasteiger charge is -2.18. The summed E-state index contributed by atoms with van der Waals surface area (Å²) in [5.74, 6) is 0.796. The molecule has 0 fully saturated rings. The summed E-state index contributed by atoms with van der Waals surface area (Å²) in [5, 5.41) is 0. The molecule has 61 heavy (non-hydrogen) atoms. The summed E-state index contributed by atoms with van der Waals surface area (Å²) in [7, 11) is 0. The van der Waals surface area contributed by atoms with Crippen LogP contribution in [0.25, 0.3) is 0 Å². The molecule has 0 aromatic heterocycles. The fraction of sp³-hybridized carbons (Fsp3) is 0.945. The van der Waals surface area contributed by atoms with Gasteiger partial charge in [0.05, 0.1) is 0 Å². The Labute approximate surface area is 380 Å². The predicted molar refractivity (Wildman–Crippen MR) is 261 cm³/mol. The number of esters is 3. The van der Waals surface area contributed by atoms with Crippen LogP contribution in [0.15, 0.2) is 0 Å². The van der Waals surface area contributed by atoms with Crippen LogP contribution in [0, 0.1) is 11.8 Å². The lowest BCUT2D eigenvalue weighted by Crippen LogP contribution is -2.30. The van der Waals surface area contributed by atoms with E-state index in [1.54, 1.807) is 0 Å². The number of carbonyl (C=O) groups is 3. The van der Waals surface area contributed by atoms with E-state index in [2.05, 4.69) is 34.6 Å². The first-order valence-electron chi connectivity index (χ1n) is 27.2. The van der Waals surface area contributed by atoms with E-state index in [1.165, 1.54) is 193 Å². The Hall–Kier alpha value is -1.59. The minimum Gasteiger partial charge on any atom is -0.462 e. The second-order valence-electron chi connectivity index (χ2n) is 19.8. The van der Waals surface area contributed by atoms with Crippen molar-refractivity contribution in [3.8, 4) is 0 Å². The maximum atomic E-state index is 12.8. The molecule has 0 rings (SSSR count). The average molecular weight is 863 g/mol. The van der Waals surface area contributed by atoms with Crippen LogP contribution < -0.4 is 0 Å². The van der Waals surface area contributed by atoms with Gasteiger partial charge in [0.1, 0.15) is 13.2 Å². The van der Waals surface area contributed by atoms with Crippen molar-refractivity contribution in [3.05, 3.63) is 0 Å². The maximum absolute atomic E-state index is 12.8. The zero-order chi connectivity index (χ0) is 44.7. The van der Waals surface area contributed by atoms with Crippen LogP contribution in [-0.4, -0.2) is 37.2 Å². The fourth-order valence-corrected chi connectivity index (χ4v) is 8.34. The van der Waals surface area contributed by atoms with Gasteiger partial charge in [-0.2, -0.15) is 0 Å². The van der Waals surface area contributed by atoms with Gasteiger partial charge in [0.15, 0.2) is 6.10 Å². The smallest absolute Gasteiger partial charge is 0.306 e. The number of hydrogen-bond acceptors (Lipinski definition) is 6. The fourth-order valence-electron chi connectivity index (χ4n) is 8.34. The topological polar surface area (TPSA) is 78.9 Å². The highest BCUT2D eigenvalue weighted by Crippen LogP contribution is 2.18. The van der Waals surface area contributed by atoms with Gasteiger partial charge in [-0.1, -0.05) is 266 Å². The van der Waals surface area contributed by atoms with E-state index < -0.39 is 6.10 Å². The van der Waals surface area contributed by atoms with Crippen molar-refractivity contribution in [2.75, 3.05) is 13.2 Å². The van der Waals surface area contributed by atoms with Gasteiger partial charge in [0.2, 0.25) is 0 Å². The molecule has 6 nitrogen and oxygen atoms in total. The lowest BCUT2D eigenvalue weighted by atomic mass is 10.0. The SMILES string of the molecule is CCCCCCCCCCCCCCCCC(=O)OC[C@@H](COC(=O)CCCCCCCCCCCCCCCCCC(C)C)OC(=O)CCCCCCCCCCC(C)C. The van der Waals surface area contributed by atoms with Crippen molar-refractivity contribution >= 4 is 17.9 Å². The number of carbonyl (C=O) groups excluding carboxylic acids is 3. The number of hydrogen-bond donors (Lipinski definition) is 0. The summed E-state index contributed by atoms with van der Waals surface area (Å²) in [6.07, 6.45) is 49.5. The third kappa shape index (κ3) is 49.3. The molecule has 0 aromatic carbocycles. The van der Waals surface area contributed by atoms with E-state index in [9.17, 15) is 14.4 Å². The van der Waals surface area contributed by atoms with Crippen LogP contribution in [0.3, 0.4) is 0 Å². The second kappa shape index (κ2) is 47.9. The van der Waals surface area contributed by atoms with Gasteiger partial charge in [-0.3, -0.25) is 14.4 Å². The molecule has 0 saturated carbocycles. The van der Waals surface area contributed by atoms with Crippen LogP contribution in [0.1, 0.15) is 304 Å². The molecule has 0 aliphatic carbocycles. The molecule has 0 aliphatic heterocycles. The molecule has 0 radical (unpaired) electrons. The molecule has 0 aliphatic rings. The Kier molecular flexibility index (Phi) is 46.6. The molecular weight excluding hydrogens is 757 g/mol. The standard InChI is InChI=1S/C55H106O6/c1-6-7-8-9-10-11-12-13-18-21-24-30-35-40-45-53(56)59-48-52(61-55(58)47-42-37-32-27-26-29-34-39-44-51(4)5)49-60-54(57)46-41-36-31-25-22-19-16-14-15-17-20-23-28-33-38-43-50(2)3/h50-52H,6-49H2,1-5H3/t52-/m0/s1. The van der Waals surface area contributed by atoms with Gasteiger partial charge in [0.25, 0.3) is 0 Å². The predicted octanol–water partition coefficient (Wildman–Crippen LogP) is 17.7. The molecule has 0 unspecified atom stereocenters. The molecule has 0 amide bonds. The highest BCUT2D eigenvalue weighted by molar-refractivity contribution is 5.71. The molecule has 1 atom stereocenters. The average Bonchev–Trinajstić information content (AvgIpc) is 3.23. The normalized spacial score (nSPS) is 12.0. The van der Waals surface area contributed by atoms with E-state index in [0.717, 1.165) is 69.6 Å². The zero-order valence-corrected chi connectivity index (χ0v) is 41.8. The van der Waals surface area contributed by atoms with Gasteiger partial charge in [-0.05, 0) is 31.1 Å². The summed E-state index contributed by atoms with van der Waals surface area (Å²) < 4.78 is 16.8. The first kappa shape index (κ1) is 59.4. The highest BCUT2D eigenvalue weighted by atomic mass is 16.6. The van der Waals surface area contributed by atoms with Crippen LogP contribution in [0.5, 0.6) is 0 Å². The molecule has 0 bridgehead atoms. The zero-order valence-electron chi connectivity index (χ0n) is 41.8. The van der Waals surface area contributed by atoms with Crippen LogP contribution >= 0.6 is 0 Å². The van der Waals surface area contributed by atoms with Gasteiger partial charge in [-0.15, -0.1) is 0 Å². The van der Waals surface area contributed by atoms with E-state index >= 15 is 0 Å². The number of rotatable bonds is 49. The Morgan fingerprint density at radius 3 is 0.803 bits per heavy atom. The Morgan fingerprint density at radius 2 is 0.541 bits per heavy atom. The van der Waals surface area contributed by atoms with Crippen LogP contribution in [-0.2, 0) is 28.6 Å². The van der Waals surface area contributed by atoms with Crippen LogP contribution in [0.4, 0.5) is 0 Å². The second-order valence-corrected chi connectivity index (χ2v) is 19.8. The largest absolute Gasteiger partial charge is 0.462 e. The molecule has 6 heteroatoms. The summed E-state index contributed by atoms with van der Waals surface area (Å²) in [4.78, 5) is 38.0. The molecule has 0 aromatic rings. The van der Waals surface area contributed by atoms with Crippen molar-refractivity contribution in [2.24, 2.45) is 11.8 Å². The molecule has 362 valence electrons. The monoisotopic (exact) mass is 863 g/mol. The van der Waals surface area contributed by atoms with E-state index in [0.29, 0.717) is 19.3 Å². The molecular formula is C55H106O6. The first-order chi connectivity index (χ1) is 29.7. The maximum Gasteiger partial charge on any atom is 0.306 e. The van der Waals surface area contributed by atoms with E-state index in [-0.39, 0.29) is 31.1 Å². The number of unbranched alkanes of at least 4 members (excludes halogenated alkanes) is 34. The van der Waals surface area contributed by atoms with Gasteiger partial charge in [0, 0.05) is 19.3 Å². The third-order valence-corrected chi connectivity index (χ3v) is 12.5.